The molecule has 0 aliphatic carbocycles. The van der Waals surface area contributed by atoms with Crippen LogP contribution in [0.15, 0.2) is 36.5 Å². The molecule has 1 aliphatic rings. The van der Waals surface area contributed by atoms with E-state index in [1.807, 2.05) is 49.1 Å². The van der Waals surface area contributed by atoms with Gasteiger partial charge in [-0.15, -0.1) is 0 Å². The first-order valence-electron chi connectivity index (χ1n) is 9.82. The molecule has 0 spiro atoms. The van der Waals surface area contributed by atoms with E-state index in [0.29, 0.717) is 31.1 Å². The van der Waals surface area contributed by atoms with E-state index in [0.717, 1.165) is 18.8 Å². The van der Waals surface area contributed by atoms with Crippen LogP contribution in [0.3, 0.4) is 0 Å². The Bertz CT molecular complexity index is 798. The highest BCUT2D eigenvalue weighted by molar-refractivity contribution is 5.95. The minimum atomic E-state index is -0.748. The predicted octanol–water partition coefficient (Wildman–Crippen LogP) is 2.19. The lowest BCUT2D eigenvalue weighted by molar-refractivity contribution is 0.00552. The van der Waals surface area contributed by atoms with E-state index in [2.05, 4.69) is 10.00 Å². The molecule has 2 aromatic rings. The fraction of sp³-hybridized carbons (Fsp3) is 0.524. The number of aromatic nitrogens is 2. The van der Waals surface area contributed by atoms with Crippen molar-refractivity contribution in [3.63, 3.8) is 0 Å². The second-order valence-electron chi connectivity index (χ2n) is 7.95. The Labute approximate surface area is 166 Å². The number of piperazine rings is 1. The lowest BCUT2D eigenvalue weighted by Crippen LogP contribution is -2.56. The lowest BCUT2D eigenvalue weighted by Gasteiger charge is -2.41. The maximum atomic E-state index is 13.2. The summed E-state index contributed by atoms with van der Waals surface area (Å²) in [5, 5.41) is 14.6. The van der Waals surface area contributed by atoms with Crippen molar-refractivity contribution in [1.82, 2.24) is 19.6 Å². The molecule has 1 saturated heterocycles. The van der Waals surface area contributed by atoms with Crippen LogP contribution in [0.5, 0.6) is 5.75 Å². The smallest absolute Gasteiger partial charge is 0.278 e. The van der Waals surface area contributed by atoms with E-state index in [-0.39, 0.29) is 11.9 Å². The van der Waals surface area contributed by atoms with Gasteiger partial charge < -0.3 is 14.7 Å². The topological polar surface area (TPSA) is 70.8 Å². The molecular formula is C21H30N4O3. The predicted molar refractivity (Wildman–Crippen MR) is 108 cm³/mol. The Kier molecular flexibility index (Phi) is 6.05. The molecule has 1 N–H and O–H groups in total. The standard InChI is InChI=1S/C21H30N4O3/c1-5-28-18-14-25(17-9-7-6-8-10-17)22-19(18)20(26)24-12-11-23(13-16(24)2)15-21(3,4)27/h6-10,14,16,27H,5,11-13,15H2,1-4H3. The number of ether oxygens (including phenoxy) is 1. The Morgan fingerprint density at radius 2 is 2.00 bits per heavy atom. The summed E-state index contributed by atoms with van der Waals surface area (Å²) in [7, 11) is 0. The van der Waals surface area contributed by atoms with Crippen LogP contribution in [-0.4, -0.2) is 75.0 Å². The highest BCUT2D eigenvalue weighted by atomic mass is 16.5. The zero-order valence-corrected chi connectivity index (χ0v) is 17.1. The molecule has 1 aliphatic heterocycles. The molecule has 1 aromatic heterocycles. The van der Waals surface area contributed by atoms with Crippen molar-refractivity contribution in [3.8, 4) is 11.4 Å². The molecule has 7 nitrogen and oxygen atoms in total. The third kappa shape index (κ3) is 4.72. The largest absolute Gasteiger partial charge is 0.490 e. The monoisotopic (exact) mass is 386 g/mol. The summed E-state index contributed by atoms with van der Waals surface area (Å²) in [5.41, 5.74) is 0.474. The fourth-order valence-electron chi connectivity index (χ4n) is 3.64. The van der Waals surface area contributed by atoms with Crippen molar-refractivity contribution in [1.29, 1.82) is 0 Å². The zero-order valence-electron chi connectivity index (χ0n) is 17.1. The summed E-state index contributed by atoms with van der Waals surface area (Å²) < 4.78 is 7.39. The molecule has 152 valence electrons. The highest BCUT2D eigenvalue weighted by Gasteiger charge is 2.33. The SMILES string of the molecule is CCOc1cn(-c2ccccc2)nc1C(=O)N1CCN(CC(C)(C)O)CC1C. The van der Waals surface area contributed by atoms with Crippen molar-refractivity contribution in [2.24, 2.45) is 0 Å². The van der Waals surface area contributed by atoms with Gasteiger partial charge in [-0.1, -0.05) is 18.2 Å². The molecule has 0 radical (unpaired) electrons. The minimum Gasteiger partial charge on any atom is -0.490 e. The summed E-state index contributed by atoms with van der Waals surface area (Å²) in [6, 6.07) is 9.72. The molecular weight excluding hydrogens is 356 g/mol. The van der Waals surface area contributed by atoms with Gasteiger partial charge in [0.25, 0.3) is 5.91 Å². The van der Waals surface area contributed by atoms with Crippen molar-refractivity contribution < 1.29 is 14.6 Å². The number of β-amino-alcohol motifs (C(OH)–C–C–N with tert-alkyl or cyclic N) is 1. The number of hydrogen-bond acceptors (Lipinski definition) is 5. The van der Waals surface area contributed by atoms with Crippen LogP contribution in [0.4, 0.5) is 0 Å². The van der Waals surface area contributed by atoms with Crippen LogP contribution >= 0.6 is 0 Å². The second kappa shape index (κ2) is 8.32. The minimum absolute atomic E-state index is 0.0277. The number of benzene rings is 1. The van der Waals surface area contributed by atoms with Gasteiger partial charge in [0.2, 0.25) is 0 Å². The third-order valence-corrected chi connectivity index (χ3v) is 4.79. The van der Waals surface area contributed by atoms with Crippen molar-refractivity contribution in [2.75, 3.05) is 32.8 Å². The van der Waals surface area contributed by atoms with Gasteiger partial charge >= 0.3 is 0 Å². The van der Waals surface area contributed by atoms with Gasteiger partial charge in [0, 0.05) is 32.2 Å². The van der Waals surface area contributed by atoms with E-state index >= 15 is 0 Å². The van der Waals surface area contributed by atoms with Gasteiger partial charge in [-0.05, 0) is 39.8 Å². The summed E-state index contributed by atoms with van der Waals surface area (Å²) in [6.07, 6.45) is 1.77. The first-order chi connectivity index (χ1) is 13.3. The summed E-state index contributed by atoms with van der Waals surface area (Å²) in [4.78, 5) is 17.3. The molecule has 1 amide bonds. The quantitative estimate of drug-likeness (QED) is 0.824. The van der Waals surface area contributed by atoms with Crippen molar-refractivity contribution in [2.45, 2.75) is 39.3 Å². The first kappa shape index (κ1) is 20.4. The van der Waals surface area contributed by atoms with E-state index in [1.54, 1.807) is 24.7 Å². The first-order valence-corrected chi connectivity index (χ1v) is 9.82. The lowest BCUT2D eigenvalue weighted by atomic mass is 10.1. The number of amides is 1. The molecule has 3 rings (SSSR count). The number of para-hydroxylation sites is 1. The van der Waals surface area contributed by atoms with Crippen LogP contribution < -0.4 is 4.74 Å². The maximum Gasteiger partial charge on any atom is 0.278 e. The van der Waals surface area contributed by atoms with Gasteiger partial charge in [0.05, 0.1) is 24.1 Å². The Hall–Kier alpha value is -2.38. The van der Waals surface area contributed by atoms with Crippen molar-refractivity contribution >= 4 is 5.91 Å². The molecule has 1 aromatic carbocycles. The Balaban J connectivity index is 1.79. The summed E-state index contributed by atoms with van der Waals surface area (Å²) in [6.45, 7) is 10.6. The molecule has 0 saturated carbocycles. The van der Waals surface area contributed by atoms with Gasteiger partial charge in [0.1, 0.15) is 0 Å². The second-order valence-corrected chi connectivity index (χ2v) is 7.95. The molecule has 2 heterocycles. The number of rotatable bonds is 6. The summed E-state index contributed by atoms with van der Waals surface area (Å²) in [5.74, 6) is 0.385. The Morgan fingerprint density at radius 3 is 2.61 bits per heavy atom. The average molecular weight is 386 g/mol. The molecule has 7 heteroatoms. The van der Waals surface area contributed by atoms with E-state index in [4.69, 9.17) is 4.74 Å². The fourth-order valence-corrected chi connectivity index (χ4v) is 3.64. The van der Waals surface area contributed by atoms with E-state index in [1.165, 1.54) is 0 Å². The number of aliphatic hydroxyl groups is 1. The normalized spacial score (nSPS) is 18.3. The number of carbonyl (C=O) groups is 1. The van der Waals surface area contributed by atoms with Crippen LogP contribution in [-0.2, 0) is 0 Å². The maximum absolute atomic E-state index is 13.2. The van der Waals surface area contributed by atoms with Crippen LogP contribution in [0.25, 0.3) is 5.69 Å². The molecule has 0 bridgehead atoms. The number of hydrogen-bond donors (Lipinski definition) is 1. The van der Waals surface area contributed by atoms with E-state index < -0.39 is 5.60 Å². The van der Waals surface area contributed by atoms with Crippen LogP contribution in [0.2, 0.25) is 0 Å². The van der Waals surface area contributed by atoms with Gasteiger partial charge in [-0.3, -0.25) is 9.69 Å². The van der Waals surface area contributed by atoms with Gasteiger partial charge in [-0.2, -0.15) is 5.10 Å². The zero-order chi connectivity index (χ0) is 20.3. The van der Waals surface area contributed by atoms with Gasteiger partial charge in [0.15, 0.2) is 11.4 Å². The highest BCUT2D eigenvalue weighted by Crippen LogP contribution is 2.24. The third-order valence-electron chi connectivity index (χ3n) is 4.79. The van der Waals surface area contributed by atoms with E-state index in [9.17, 15) is 9.90 Å². The molecule has 1 fully saturated rings. The molecule has 1 unspecified atom stereocenters. The van der Waals surface area contributed by atoms with Crippen LogP contribution in [0, 0.1) is 0 Å². The van der Waals surface area contributed by atoms with Gasteiger partial charge in [-0.25, -0.2) is 4.68 Å². The molecule has 28 heavy (non-hydrogen) atoms. The summed E-state index contributed by atoms with van der Waals surface area (Å²) >= 11 is 0. The molecule has 1 atom stereocenters. The van der Waals surface area contributed by atoms with Crippen molar-refractivity contribution in [3.05, 3.63) is 42.2 Å². The number of carbonyl (C=O) groups excluding carboxylic acids is 1. The Morgan fingerprint density at radius 1 is 1.29 bits per heavy atom. The average Bonchev–Trinajstić information content (AvgIpc) is 3.05. The number of nitrogens with zero attached hydrogens (tertiary/aromatic N) is 4. The van der Waals surface area contributed by atoms with Crippen LogP contribution in [0.1, 0.15) is 38.2 Å².